The SMILES string of the molecule is COc1cc2c(cc1[C@H]1OC[C@]3(OC(C)=O)[C@H](c4c(OC)cc5c(c4OC)OCO5)OC[C@@H]13)OCO2. The molecule has 11 heteroatoms. The molecule has 0 aromatic heterocycles. The fourth-order valence-electron chi connectivity index (χ4n) is 5.56. The molecular weight excluding hydrogens is 476 g/mol. The lowest BCUT2D eigenvalue weighted by Crippen LogP contribution is -2.44. The Labute approximate surface area is 207 Å². The van der Waals surface area contributed by atoms with Gasteiger partial charge in [0.1, 0.15) is 17.6 Å². The summed E-state index contributed by atoms with van der Waals surface area (Å²) in [6, 6.07) is 5.32. The molecule has 0 amide bonds. The van der Waals surface area contributed by atoms with Crippen LogP contribution in [0, 0.1) is 5.92 Å². The van der Waals surface area contributed by atoms with Crippen molar-refractivity contribution in [3.05, 3.63) is 29.3 Å². The molecule has 2 saturated heterocycles. The highest BCUT2D eigenvalue weighted by atomic mass is 16.7. The molecule has 0 spiro atoms. The number of ether oxygens (including phenoxy) is 10. The Morgan fingerprint density at radius 3 is 2.31 bits per heavy atom. The van der Waals surface area contributed by atoms with Crippen LogP contribution in [-0.2, 0) is 19.0 Å². The zero-order valence-corrected chi connectivity index (χ0v) is 20.3. The molecule has 0 aliphatic carbocycles. The smallest absolute Gasteiger partial charge is 0.303 e. The van der Waals surface area contributed by atoms with Crippen molar-refractivity contribution in [1.82, 2.24) is 0 Å². The van der Waals surface area contributed by atoms with Gasteiger partial charge in [-0.05, 0) is 6.07 Å². The molecular formula is C25H26O11. The van der Waals surface area contributed by atoms with Gasteiger partial charge in [-0.1, -0.05) is 0 Å². The Morgan fingerprint density at radius 2 is 1.58 bits per heavy atom. The first-order valence-electron chi connectivity index (χ1n) is 11.5. The van der Waals surface area contributed by atoms with Gasteiger partial charge in [0.05, 0.1) is 52.1 Å². The average molecular weight is 502 g/mol. The zero-order chi connectivity index (χ0) is 25.0. The third kappa shape index (κ3) is 3.22. The number of carbonyl (C=O) groups is 1. The number of benzene rings is 2. The van der Waals surface area contributed by atoms with Gasteiger partial charge in [-0.3, -0.25) is 4.79 Å². The quantitative estimate of drug-likeness (QED) is 0.544. The predicted molar refractivity (Wildman–Crippen MR) is 120 cm³/mol. The first-order valence-corrected chi connectivity index (χ1v) is 11.5. The van der Waals surface area contributed by atoms with E-state index in [9.17, 15) is 4.79 Å². The van der Waals surface area contributed by atoms with Crippen LogP contribution in [0.2, 0.25) is 0 Å². The Hall–Kier alpha value is -3.57. The van der Waals surface area contributed by atoms with E-state index in [1.165, 1.54) is 21.1 Å². The number of fused-ring (bicyclic) bond motifs is 3. The van der Waals surface area contributed by atoms with E-state index in [0.29, 0.717) is 45.8 Å². The first-order chi connectivity index (χ1) is 17.5. The molecule has 4 heterocycles. The lowest BCUT2D eigenvalue weighted by molar-refractivity contribution is -0.167. The van der Waals surface area contributed by atoms with E-state index < -0.39 is 23.8 Å². The molecule has 4 aliphatic heterocycles. The highest BCUT2D eigenvalue weighted by Gasteiger charge is 2.64. The van der Waals surface area contributed by atoms with E-state index in [0.717, 1.165) is 5.56 Å². The fraction of sp³-hybridized carbons (Fsp3) is 0.480. The molecule has 6 rings (SSSR count). The highest BCUT2D eigenvalue weighted by molar-refractivity contribution is 5.68. The van der Waals surface area contributed by atoms with Gasteiger partial charge < -0.3 is 47.4 Å². The fourth-order valence-corrected chi connectivity index (χ4v) is 5.56. The van der Waals surface area contributed by atoms with Gasteiger partial charge in [0.2, 0.25) is 19.3 Å². The summed E-state index contributed by atoms with van der Waals surface area (Å²) < 4.78 is 58.1. The molecule has 192 valence electrons. The normalized spacial score (nSPS) is 27.1. The molecule has 11 nitrogen and oxygen atoms in total. The summed E-state index contributed by atoms with van der Waals surface area (Å²) >= 11 is 0. The summed E-state index contributed by atoms with van der Waals surface area (Å²) in [5.41, 5.74) is 0.121. The monoisotopic (exact) mass is 502 g/mol. The van der Waals surface area contributed by atoms with Crippen LogP contribution >= 0.6 is 0 Å². The Balaban J connectivity index is 1.46. The van der Waals surface area contributed by atoms with Gasteiger partial charge in [-0.15, -0.1) is 0 Å². The van der Waals surface area contributed by atoms with Gasteiger partial charge in [0.25, 0.3) is 0 Å². The second kappa shape index (κ2) is 8.52. The van der Waals surface area contributed by atoms with E-state index in [2.05, 4.69) is 0 Å². The molecule has 2 aromatic carbocycles. The van der Waals surface area contributed by atoms with Crippen LogP contribution in [0.15, 0.2) is 18.2 Å². The second-order valence-corrected chi connectivity index (χ2v) is 8.81. The van der Waals surface area contributed by atoms with Crippen molar-refractivity contribution >= 4 is 5.97 Å². The number of esters is 1. The molecule has 2 fully saturated rings. The van der Waals surface area contributed by atoms with Crippen LogP contribution in [0.3, 0.4) is 0 Å². The number of methoxy groups -OCH3 is 3. The maximum absolute atomic E-state index is 12.4. The zero-order valence-electron chi connectivity index (χ0n) is 20.3. The van der Waals surface area contributed by atoms with Crippen molar-refractivity contribution in [2.24, 2.45) is 5.92 Å². The van der Waals surface area contributed by atoms with Crippen LogP contribution in [0.25, 0.3) is 0 Å². The van der Waals surface area contributed by atoms with E-state index in [4.69, 9.17) is 47.4 Å². The van der Waals surface area contributed by atoms with Crippen molar-refractivity contribution in [2.45, 2.75) is 24.7 Å². The van der Waals surface area contributed by atoms with Crippen molar-refractivity contribution in [1.29, 1.82) is 0 Å². The molecule has 36 heavy (non-hydrogen) atoms. The number of rotatable bonds is 6. The predicted octanol–water partition coefficient (Wildman–Crippen LogP) is 2.93. The molecule has 4 aliphatic rings. The maximum atomic E-state index is 12.4. The molecule has 0 radical (unpaired) electrons. The summed E-state index contributed by atoms with van der Waals surface area (Å²) in [5, 5.41) is 0. The van der Waals surface area contributed by atoms with Crippen LogP contribution in [0.5, 0.6) is 40.2 Å². The van der Waals surface area contributed by atoms with Gasteiger partial charge >= 0.3 is 5.97 Å². The average Bonchev–Trinajstić information content (AvgIpc) is 3.65. The number of carbonyl (C=O) groups excluding carboxylic acids is 1. The van der Waals surface area contributed by atoms with E-state index in [-0.39, 0.29) is 32.7 Å². The first kappa shape index (κ1) is 22.9. The highest BCUT2D eigenvalue weighted by Crippen LogP contribution is 2.61. The third-order valence-corrected chi connectivity index (χ3v) is 7.04. The van der Waals surface area contributed by atoms with Crippen molar-refractivity contribution < 1.29 is 52.2 Å². The van der Waals surface area contributed by atoms with Crippen molar-refractivity contribution in [2.75, 3.05) is 48.1 Å². The summed E-state index contributed by atoms with van der Waals surface area (Å²) in [4.78, 5) is 12.4. The minimum atomic E-state index is -1.17. The molecule has 0 saturated carbocycles. The summed E-state index contributed by atoms with van der Waals surface area (Å²) in [7, 11) is 4.64. The van der Waals surface area contributed by atoms with Gasteiger partial charge in [-0.25, -0.2) is 0 Å². The number of hydrogen-bond acceptors (Lipinski definition) is 11. The maximum Gasteiger partial charge on any atom is 0.303 e. The summed E-state index contributed by atoms with van der Waals surface area (Å²) in [6.45, 7) is 1.86. The second-order valence-electron chi connectivity index (χ2n) is 8.81. The Morgan fingerprint density at radius 1 is 0.889 bits per heavy atom. The molecule has 0 unspecified atom stereocenters. The summed E-state index contributed by atoms with van der Waals surface area (Å²) in [5.74, 6) is 2.70. The lowest BCUT2D eigenvalue weighted by Gasteiger charge is -2.33. The van der Waals surface area contributed by atoms with E-state index in [1.54, 1.807) is 19.2 Å². The van der Waals surface area contributed by atoms with Gasteiger partial charge in [0, 0.05) is 24.6 Å². The Kier molecular flexibility index (Phi) is 5.41. The van der Waals surface area contributed by atoms with Crippen LogP contribution in [0.4, 0.5) is 0 Å². The van der Waals surface area contributed by atoms with Gasteiger partial charge in [0.15, 0.2) is 28.6 Å². The minimum Gasteiger partial charge on any atom is -0.496 e. The summed E-state index contributed by atoms with van der Waals surface area (Å²) in [6.07, 6.45) is -1.28. The third-order valence-electron chi connectivity index (χ3n) is 7.04. The van der Waals surface area contributed by atoms with Gasteiger partial charge in [-0.2, -0.15) is 0 Å². The van der Waals surface area contributed by atoms with Crippen molar-refractivity contribution in [3.63, 3.8) is 0 Å². The van der Waals surface area contributed by atoms with Crippen LogP contribution in [-0.4, -0.2) is 59.7 Å². The van der Waals surface area contributed by atoms with Crippen LogP contribution < -0.4 is 33.2 Å². The van der Waals surface area contributed by atoms with Crippen LogP contribution in [0.1, 0.15) is 30.3 Å². The molecule has 0 bridgehead atoms. The lowest BCUT2D eigenvalue weighted by atomic mass is 9.79. The molecule has 2 aromatic rings. The van der Waals surface area contributed by atoms with E-state index >= 15 is 0 Å². The van der Waals surface area contributed by atoms with Crippen molar-refractivity contribution in [3.8, 4) is 40.2 Å². The Bertz CT molecular complexity index is 1210. The minimum absolute atomic E-state index is 0.0522. The van der Waals surface area contributed by atoms with E-state index in [1.807, 2.05) is 6.07 Å². The standard InChI is InChI=1S/C25H26O11/c1-12(26)36-25-9-31-21(13-5-16-17(33-10-32-16)6-15(13)27-2)14(25)8-30-24(25)20-18(28-3)7-19-22(23(20)29-4)35-11-34-19/h5-7,14,21,24H,8-11H2,1-4H3/t14-,21+,24-,25+/m0/s1. The molecule has 4 atom stereocenters. The largest absolute Gasteiger partial charge is 0.496 e. The molecule has 0 N–H and O–H groups in total. The topological polar surface area (TPSA) is 109 Å². The number of hydrogen-bond donors (Lipinski definition) is 0.